The number of alkyl halides is 2. The molecule has 3 rings (SSSR count). The minimum absolute atomic E-state index is 0.0704. The Kier molecular flexibility index (Phi) is 3.69. The maximum Gasteiger partial charge on any atom is 0.387 e. The van der Waals surface area contributed by atoms with Crippen LogP contribution in [0.4, 0.5) is 14.5 Å². The van der Waals surface area contributed by atoms with E-state index in [1.807, 2.05) is 0 Å². The number of nitrogen functional groups attached to an aromatic ring is 1. The van der Waals surface area contributed by atoms with Gasteiger partial charge in [0.25, 0.3) is 5.89 Å². The Morgan fingerprint density at radius 2 is 1.59 bits per heavy atom. The van der Waals surface area contributed by atoms with Crippen molar-refractivity contribution in [2.75, 3.05) is 5.73 Å². The van der Waals surface area contributed by atoms with E-state index in [0.29, 0.717) is 23.0 Å². The molecule has 0 amide bonds. The number of nitrogens with zero attached hydrogens (tertiary/aromatic N) is 2. The van der Waals surface area contributed by atoms with E-state index in [2.05, 4.69) is 14.9 Å². The molecule has 7 heteroatoms. The first-order valence-electron chi connectivity index (χ1n) is 6.37. The average Bonchev–Trinajstić information content (AvgIpc) is 2.98. The van der Waals surface area contributed by atoms with Gasteiger partial charge in [-0.25, -0.2) is 0 Å². The highest BCUT2D eigenvalue weighted by atomic mass is 19.3. The fourth-order valence-electron chi connectivity index (χ4n) is 1.87. The zero-order valence-corrected chi connectivity index (χ0v) is 11.2. The summed E-state index contributed by atoms with van der Waals surface area (Å²) in [6.45, 7) is -2.85. The van der Waals surface area contributed by atoms with Gasteiger partial charge in [-0.2, -0.15) is 13.8 Å². The normalized spacial score (nSPS) is 10.9. The lowest BCUT2D eigenvalue weighted by molar-refractivity contribution is -0.0498. The van der Waals surface area contributed by atoms with Crippen LogP contribution in [0.3, 0.4) is 0 Å². The van der Waals surface area contributed by atoms with Crippen LogP contribution in [0.25, 0.3) is 22.8 Å². The van der Waals surface area contributed by atoms with E-state index in [-0.39, 0.29) is 5.75 Å². The Bertz CT molecular complexity index is 755. The average molecular weight is 303 g/mol. The van der Waals surface area contributed by atoms with Gasteiger partial charge in [0.1, 0.15) is 5.75 Å². The molecular weight excluding hydrogens is 292 g/mol. The highest BCUT2D eigenvalue weighted by Gasteiger charge is 2.11. The molecule has 0 atom stereocenters. The van der Waals surface area contributed by atoms with E-state index in [4.69, 9.17) is 10.3 Å². The Labute approximate surface area is 124 Å². The molecule has 2 aromatic carbocycles. The highest BCUT2D eigenvalue weighted by Crippen LogP contribution is 2.24. The smallest absolute Gasteiger partial charge is 0.387 e. The van der Waals surface area contributed by atoms with Crippen LogP contribution in [0, 0.1) is 0 Å². The van der Waals surface area contributed by atoms with E-state index < -0.39 is 6.61 Å². The molecule has 1 aromatic heterocycles. The van der Waals surface area contributed by atoms with Crippen molar-refractivity contribution in [2.24, 2.45) is 0 Å². The van der Waals surface area contributed by atoms with Gasteiger partial charge in [-0.1, -0.05) is 5.16 Å². The Hall–Kier alpha value is -2.96. The molecule has 1 heterocycles. The van der Waals surface area contributed by atoms with Crippen LogP contribution >= 0.6 is 0 Å². The third-order valence-electron chi connectivity index (χ3n) is 2.92. The molecule has 3 aromatic rings. The molecule has 0 radical (unpaired) electrons. The minimum atomic E-state index is -2.85. The van der Waals surface area contributed by atoms with Crippen LogP contribution in [-0.4, -0.2) is 16.8 Å². The summed E-state index contributed by atoms with van der Waals surface area (Å²) in [6, 6.07) is 13.0. The summed E-state index contributed by atoms with van der Waals surface area (Å²) >= 11 is 0. The van der Waals surface area contributed by atoms with E-state index in [9.17, 15) is 8.78 Å². The van der Waals surface area contributed by atoms with E-state index in [1.54, 1.807) is 36.4 Å². The monoisotopic (exact) mass is 303 g/mol. The number of aromatic nitrogens is 2. The summed E-state index contributed by atoms with van der Waals surface area (Å²) in [4.78, 5) is 4.26. The topological polar surface area (TPSA) is 74.2 Å². The van der Waals surface area contributed by atoms with Gasteiger partial charge >= 0.3 is 6.61 Å². The lowest BCUT2D eigenvalue weighted by atomic mass is 10.2. The second-order valence-electron chi connectivity index (χ2n) is 4.45. The molecule has 0 saturated carbocycles. The first-order chi connectivity index (χ1) is 10.6. The van der Waals surface area contributed by atoms with Crippen molar-refractivity contribution in [1.29, 1.82) is 0 Å². The number of hydrogen-bond acceptors (Lipinski definition) is 5. The summed E-state index contributed by atoms with van der Waals surface area (Å²) in [5, 5.41) is 3.87. The largest absolute Gasteiger partial charge is 0.435 e. The number of rotatable bonds is 4. The lowest BCUT2D eigenvalue weighted by Crippen LogP contribution is -2.01. The van der Waals surface area contributed by atoms with Crippen LogP contribution in [-0.2, 0) is 0 Å². The molecular formula is C15H11F2N3O2. The molecule has 112 valence electrons. The van der Waals surface area contributed by atoms with Gasteiger partial charge in [0.2, 0.25) is 5.82 Å². The Morgan fingerprint density at radius 1 is 0.955 bits per heavy atom. The molecule has 0 spiro atoms. The summed E-state index contributed by atoms with van der Waals surface area (Å²) in [5.41, 5.74) is 7.63. The van der Waals surface area contributed by atoms with Crippen molar-refractivity contribution in [1.82, 2.24) is 10.1 Å². The van der Waals surface area contributed by atoms with E-state index in [1.165, 1.54) is 12.1 Å². The second-order valence-corrected chi connectivity index (χ2v) is 4.45. The molecule has 0 bridgehead atoms. The maximum absolute atomic E-state index is 12.1. The zero-order chi connectivity index (χ0) is 15.5. The number of anilines is 1. The van der Waals surface area contributed by atoms with Crippen LogP contribution in [0.15, 0.2) is 53.1 Å². The van der Waals surface area contributed by atoms with E-state index >= 15 is 0 Å². The minimum Gasteiger partial charge on any atom is -0.435 e. The number of benzene rings is 2. The van der Waals surface area contributed by atoms with Gasteiger partial charge < -0.3 is 15.0 Å². The standard InChI is InChI=1S/C15H11F2N3O2/c16-15(17)21-12-7-3-9(4-8-12)13-19-14(22-20-13)10-1-5-11(18)6-2-10/h1-8,15H,18H2. The SMILES string of the molecule is Nc1ccc(-c2nc(-c3ccc(OC(F)F)cc3)no2)cc1. The van der Waals surface area contributed by atoms with Gasteiger partial charge in [-0.3, -0.25) is 0 Å². The fraction of sp³-hybridized carbons (Fsp3) is 0.0667. The van der Waals surface area contributed by atoms with Gasteiger partial charge in [-0.15, -0.1) is 0 Å². The summed E-state index contributed by atoms with van der Waals surface area (Å²) in [7, 11) is 0. The number of hydrogen-bond donors (Lipinski definition) is 1. The molecule has 0 aliphatic heterocycles. The van der Waals surface area contributed by atoms with Crippen molar-refractivity contribution in [3.63, 3.8) is 0 Å². The molecule has 0 unspecified atom stereocenters. The Balaban J connectivity index is 1.82. The van der Waals surface area contributed by atoms with Crippen LogP contribution in [0.1, 0.15) is 0 Å². The lowest BCUT2D eigenvalue weighted by Gasteiger charge is -2.03. The quantitative estimate of drug-likeness (QED) is 0.746. The third kappa shape index (κ3) is 3.03. The number of nitrogens with two attached hydrogens (primary N) is 1. The molecule has 0 fully saturated rings. The fourth-order valence-corrected chi connectivity index (χ4v) is 1.87. The van der Waals surface area contributed by atoms with Crippen molar-refractivity contribution >= 4 is 5.69 Å². The summed E-state index contributed by atoms with van der Waals surface area (Å²) in [5.74, 6) is 0.777. The molecule has 0 aliphatic rings. The summed E-state index contributed by atoms with van der Waals surface area (Å²) in [6.07, 6.45) is 0. The van der Waals surface area contributed by atoms with Crippen LogP contribution in [0.2, 0.25) is 0 Å². The van der Waals surface area contributed by atoms with Crippen molar-refractivity contribution in [3.05, 3.63) is 48.5 Å². The first kappa shape index (κ1) is 14.0. The van der Waals surface area contributed by atoms with Crippen LogP contribution < -0.4 is 10.5 Å². The molecule has 2 N–H and O–H groups in total. The van der Waals surface area contributed by atoms with Crippen LogP contribution in [0.5, 0.6) is 5.75 Å². The first-order valence-corrected chi connectivity index (χ1v) is 6.37. The maximum atomic E-state index is 12.1. The van der Waals surface area contributed by atoms with Crippen molar-refractivity contribution in [2.45, 2.75) is 6.61 Å². The predicted molar refractivity (Wildman–Crippen MR) is 76.2 cm³/mol. The number of ether oxygens (including phenoxy) is 1. The van der Waals surface area contributed by atoms with Crippen molar-refractivity contribution in [3.8, 4) is 28.6 Å². The Morgan fingerprint density at radius 3 is 2.23 bits per heavy atom. The van der Waals surface area contributed by atoms with Gasteiger partial charge in [0, 0.05) is 16.8 Å². The highest BCUT2D eigenvalue weighted by molar-refractivity contribution is 5.61. The zero-order valence-electron chi connectivity index (χ0n) is 11.2. The van der Waals surface area contributed by atoms with Gasteiger partial charge in [-0.05, 0) is 48.5 Å². The molecule has 5 nitrogen and oxygen atoms in total. The van der Waals surface area contributed by atoms with E-state index in [0.717, 1.165) is 5.56 Å². The van der Waals surface area contributed by atoms with Crippen molar-refractivity contribution < 1.29 is 18.0 Å². The number of halogens is 2. The van der Waals surface area contributed by atoms with Gasteiger partial charge in [0.15, 0.2) is 0 Å². The van der Waals surface area contributed by atoms with Gasteiger partial charge in [0.05, 0.1) is 0 Å². The molecule has 0 saturated heterocycles. The predicted octanol–water partition coefficient (Wildman–Crippen LogP) is 3.59. The molecule has 22 heavy (non-hydrogen) atoms. The third-order valence-corrected chi connectivity index (χ3v) is 2.92. The summed E-state index contributed by atoms with van der Waals surface area (Å²) < 4.78 is 33.7. The second kappa shape index (κ2) is 5.80. The molecule has 0 aliphatic carbocycles.